The first-order valence-corrected chi connectivity index (χ1v) is 14.4. The molecule has 0 bridgehead atoms. The van der Waals surface area contributed by atoms with E-state index in [0.29, 0.717) is 16.7 Å². The molecule has 1 fully saturated rings. The Morgan fingerprint density at radius 1 is 1.02 bits per heavy atom. The molecule has 1 amide bonds. The largest absolute Gasteiger partial charge is 0.508 e. The van der Waals surface area contributed by atoms with Crippen molar-refractivity contribution in [2.45, 2.75) is 43.7 Å². The highest BCUT2D eigenvalue weighted by atomic mass is 16.5. The van der Waals surface area contributed by atoms with Gasteiger partial charge in [0.1, 0.15) is 28.6 Å². The number of hydrogen-bond donors (Lipinski definition) is 5. The van der Waals surface area contributed by atoms with E-state index in [1.807, 2.05) is 0 Å². The van der Waals surface area contributed by atoms with Crippen LogP contribution in [0.3, 0.4) is 0 Å². The van der Waals surface area contributed by atoms with Crippen LogP contribution in [-0.2, 0) is 41.6 Å². The molecule has 6 N–H and O–H groups in total. The second kappa shape index (κ2) is 11.6. The lowest BCUT2D eigenvalue weighted by atomic mass is 9.57. The third-order valence-corrected chi connectivity index (χ3v) is 9.11. The number of fused-ring (bicyclic) bond motifs is 3. The fourth-order valence-electron chi connectivity index (χ4n) is 6.98. The molecule has 0 aromatic heterocycles. The molecule has 12 heteroatoms. The molecule has 5 rings (SSSR count). The van der Waals surface area contributed by atoms with E-state index in [1.165, 1.54) is 18.1 Å². The van der Waals surface area contributed by atoms with Gasteiger partial charge in [0.2, 0.25) is 5.78 Å². The fourth-order valence-corrected chi connectivity index (χ4v) is 6.98. The van der Waals surface area contributed by atoms with Crippen LogP contribution in [0.25, 0.3) is 16.9 Å². The lowest BCUT2D eigenvalue weighted by Gasteiger charge is -2.50. The molecular formula is C33H34N2O10. The van der Waals surface area contributed by atoms with E-state index < -0.39 is 64.0 Å². The summed E-state index contributed by atoms with van der Waals surface area (Å²) in [7, 11) is 4.34. The Bertz CT molecular complexity index is 1700. The van der Waals surface area contributed by atoms with E-state index >= 15 is 0 Å². The summed E-state index contributed by atoms with van der Waals surface area (Å²) >= 11 is 0. The molecular weight excluding hydrogens is 584 g/mol. The second-order valence-corrected chi connectivity index (χ2v) is 11.9. The SMILES string of the molecule is COC(=O)CCC(=O)Cc1ccc(-c2ccc(O)c3c2C[C@@H]2C[C@@H]4[C@@H](N(C)C)C(=O)C(C(N)=O)=C(O)[C@]4(O)C(=O)C2=C3O)cc1. The van der Waals surface area contributed by atoms with Crippen LogP contribution in [0, 0.1) is 11.8 Å². The minimum atomic E-state index is -2.71. The maximum absolute atomic E-state index is 14.0. The number of esters is 1. The first-order chi connectivity index (χ1) is 21.2. The number of carbonyl (C=O) groups excluding carboxylic acids is 5. The summed E-state index contributed by atoms with van der Waals surface area (Å²) in [5, 5.41) is 45.0. The zero-order chi connectivity index (χ0) is 33.0. The first-order valence-electron chi connectivity index (χ1n) is 14.4. The molecule has 2 aromatic carbocycles. The molecule has 3 aliphatic carbocycles. The number of amides is 1. The minimum Gasteiger partial charge on any atom is -0.508 e. The number of aliphatic hydroxyl groups is 3. The Morgan fingerprint density at radius 3 is 2.29 bits per heavy atom. The Kier molecular flexibility index (Phi) is 8.15. The van der Waals surface area contributed by atoms with Gasteiger partial charge in [-0.2, -0.15) is 0 Å². The molecule has 4 atom stereocenters. The van der Waals surface area contributed by atoms with Crippen molar-refractivity contribution in [3.8, 4) is 16.9 Å². The van der Waals surface area contributed by atoms with E-state index in [4.69, 9.17) is 5.73 Å². The number of primary amides is 1. The number of benzene rings is 2. The number of nitrogens with two attached hydrogens (primary N) is 1. The minimum absolute atomic E-state index is 0.000347. The van der Waals surface area contributed by atoms with E-state index in [9.17, 15) is 44.4 Å². The highest BCUT2D eigenvalue weighted by molar-refractivity contribution is 6.24. The smallest absolute Gasteiger partial charge is 0.305 e. The van der Waals surface area contributed by atoms with Crippen LogP contribution in [0.2, 0.25) is 0 Å². The number of aliphatic hydroxyl groups excluding tert-OH is 2. The van der Waals surface area contributed by atoms with Gasteiger partial charge in [0.25, 0.3) is 5.91 Å². The van der Waals surface area contributed by atoms with Gasteiger partial charge in [-0.05, 0) is 61.2 Å². The number of carbonyl (C=O) groups is 5. The Labute approximate surface area is 258 Å². The Hall–Kier alpha value is -4.81. The average Bonchev–Trinajstić information content (AvgIpc) is 2.98. The van der Waals surface area contributed by atoms with E-state index in [1.54, 1.807) is 44.4 Å². The van der Waals surface area contributed by atoms with Gasteiger partial charge in [-0.1, -0.05) is 30.3 Å². The van der Waals surface area contributed by atoms with Crippen LogP contribution in [0.5, 0.6) is 5.75 Å². The maximum atomic E-state index is 14.0. The number of ketones is 3. The van der Waals surface area contributed by atoms with E-state index in [-0.39, 0.29) is 54.8 Å². The number of nitrogens with zero attached hydrogens (tertiary/aromatic N) is 1. The standard InChI is InChI=1S/C33H34N2O10/c1-35(2)27-21-14-17-13-20-19(16-6-4-15(5-7-16)12-18(36)8-11-23(38)45-3)9-10-22(37)25(20)28(39)24(17)30(41)33(21,44)31(42)26(29(27)40)32(34)43/h4-7,9-10,17,21,27,37,39,42,44H,8,11-14H2,1-3H3,(H2,34,43)/t17-,21-,27-,33-/m1/s1. The summed E-state index contributed by atoms with van der Waals surface area (Å²) in [4.78, 5) is 64.5. The molecule has 0 saturated heterocycles. The summed E-state index contributed by atoms with van der Waals surface area (Å²) < 4.78 is 4.58. The van der Waals surface area contributed by atoms with Crippen molar-refractivity contribution >= 4 is 35.0 Å². The lowest BCUT2D eigenvalue weighted by Crippen LogP contribution is -2.65. The van der Waals surface area contributed by atoms with Gasteiger partial charge < -0.3 is 30.9 Å². The zero-order valence-electron chi connectivity index (χ0n) is 25.0. The summed E-state index contributed by atoms with van der Waals surface area (Å²) in [6, 6.07) is 8.96. The van der Waals surface area contributed by atoms with Crippen molar-refractivity contribution in [2.24, 2.45) is 17.6 Å². The van der Waals surface area contributed by atoms with Crippen molar-refractivity contribution in [1.82, 2.24) is 4.90 Å². The molecule has 0 radical (unpaired) electrons. The van der Waals surface area contributed by atoms with Crippen molar-refractivity contribution in [2.75, 3.05) is 21.2 Å². The zero-order valence-corrected chi connectivity index (χ0v) is 25.0. The maximum Gasteiger partial charge on any atom is 0.305 e. The molecule has 0 unspecified atom stereocenters. The lowest BCUT2D eigenvalue weighted by molar-refractivity contribution is -0.153. The van der Waals surface area contributed by atoms with Crippen LogP contribution in [-0.4, -0.2) is 87.4 Å². The highest BCUT2D eigenvalue weighted by Crippen LogP contribution is 2.53. The third kappa shape index (κ3) is 5.09. The number of phenols is 1. The molecule has 236 valence electrons. The fraction of sp³-hybridized carbons (Fsp3) is 0.364. The van der Waals surface area contributed by atoms with Gasteiger partial charge in [0, 0.05) is 24.3 Å². The third-order valence-electron chi connectivity index (χ3n) is 9.11. The van der Waals surface area contributed by atoms with Gasteiger partial charge in [-0.3, -0.25) is 28.9 Å². The van der Waals surface area contributed by atoms with E-state index in [2.05, 4.69) is 4.74 Å². The number of likely N-dealkylation sites (N-methyl/N-ethyl adjacent to an activating group) is 1. The molecule has 3 aliphatic rings. The van der Waals surface area contributed by atoms with Crippen LogP contribution < -0.4 is 5.73 Å². The van der Waals surface area contributed by atoms with Crippen LogP contribution in [0.1, 0.15) is 36.0 Å². The number of rotatable bonds is 8. The Morgan fingerprint density at radius 2 is 1.69 bits per heavy atom. The number of hydrogen-bond acceptors (Lipinski definition) is 11. The first kappa shape index (κ1) is 31.6. The van der Waals surface area contributed by atoms with Crippen molar-refractivity contribution in [3.63, 3.8) is 0 Å². The van der Waals surface area contributed by atoms with Gasteiger partial charge in [0.15, 0.2) is 11.4 Å². The van der Waals surface area contributed by atoms with Crippen molar-refractivity contribution in [1.29, 1.82) is 0 Å². The molecule has 12 nitrogen and oxygen atoms in total. The predicted molar refractivity (Wildman–Crippen MR) is 160 cm³/mol. The number of ether oxygens (including phenoxy) is 1. The van der Waals surface area contributed by atoms with Gasteiger partial charge in [0.05, 0.1) is 25.1 Å². The molecule has 45 heavy (non-hydrogen) atoms. The van der Waals surface area contributed by atoms with E-state index in [0.717, 1.165) is 5.56 Å². The molecule has 0 aliphatic heterocycles. The number of methoxy groups -OCH3 is 1. The van der Waals surface area contributed by atoms with Gasteiger partial charge >= 0.3 is 5.97 Å². The monoisotopic (exact) mass is 618 g/mol. The van der Waals surface area contributed by atoms with Crippen molar-refractivity contribution in [3.05, 3.63) is 70.0 Å². The Balaban J connectivity index is 1.54. The summed E-state index contributed by atoms with van der Waals surface area (Å²) in [5.41, 5.74) is 4.17. The summed E-state index contributed by atoms with van der Waals surface area (Å²) in [6.45, 7) is 0. The quantitative estimate of drug-likeness (QED) is 0.213. The molecule has 0 heterocycles. The van der Waals surface area contributed by atoms with Crippen LogP contribution in [0.4, 0.5) is 0 Å². The summed E-state index contributed by atoms with van der Waals surface area (Å²) in [5.74, 6) is -7.67. The molecule has 1 saturated carbocycles. The topological polar surface area (TPSA) is 205 Å². The van der Waals surface area contributed by atoms with Gasteiger partial charge in [-0.25, -0.2) is 0 Å². The second-order valence-electron chi connectivity index (χ2n) is 11.9. The summed E-state index contributed by atoms with van der Waals surface area (Å²) in [6.07, 6.45) is 0.303. The van der Waals surface area contributed by atoms with Gasteiger partial charge in [-0.15, -0.1) is 0 Å². The number of aromatic hydroxyl groups is 1. The van der Waals surface area contributed by atoms with Crippen molar-refractivity contribution < 1.29 is 49.1 Å². The highest BCUT2D eigenvalue weighted by Gasteiger charge is 2.64. The average molecular weight is 619 g/mol. The number of Topliss-reactive ketones (excluding diaryl/α,β-unsaturated/α-hetero) is 3. The number of phenolic OH excluding ortho intramolecular Hbond substituents is 1. The molecule has 0 spiro atoms. The normalized spacial score (nSPS) is 24.2. The van der Waals surface area contributed by atoms with Crippen LogP contribution >= 0.6 is 0 Å². The predicted octanol–water partition coefficient (Wildman–Crippen LogP) is 1.70. The molecule has 2 aromatic rings. The van der Waals surface area contributed by atoms with Crippen LogP contribution in [0.15, 0.2) is 53.3 Å².